The summed E-state index contributed by atoms with van der Waals surface area (Å²) in [5, 5.41) is 2.50. The van der Waals surface area contributed by atoms with Crippen LogP contribution in [0, 0.1) is 12.7 Å². The highest BCUT2D eigenvalue weighted by atomic mass is 32.2. The third kappa shape index (κ3) is 5.02. The van der Waals surface area contributed by atoms with Crippen molar-refractivity contribution in [1.82, 2.24) is 10.2 Å². The Morgan fingerprint density at radius 2 is 1.91 bits per heavy atom. The lowest BCUT2D eigenvalue weighted by molar-refractivity contribution is -0.131. The monoisotopic (exact) mass is 468 g/mol. The van der Waals surface area contributed by atoms with E-state index in [9.17, 15) is 18.8 Å². The van der Waals surface area contributed by atoms with Gasteiger partial charge in [0.1, 0.15) is 5.82 Å². The van der Waals surface area contributed by atoms with Crippen LogP contribution in [0.25, 0.3) is 6.08 Å². The number of amides is 3. The maximum Gasteiger partial charge on any atom is 0.293 e. The van der Waals surface area contributed by atoms with E-state index in [-0.39, 0.29) is 30.1 Å². The van der Waals surface area contributed by atoms with Gasteiger partial charge in [0.15, 0.2) is 0 Å². The van der Waals surface area contributed by atoms with Gasteiger partial charge in [0, 0.05) is 26.3 Å². The van der Waals surface area contributed by atoms with Crippen molar-refractivity contribution < 1.29 is 23.5 Å². The lowest BCUT2D eigenvalue weighted by Gasteiger charge is -2.36. The number of hydrogen-bond donors (Lipinski definition) is 1. The Labute approximate surface area is 196 Å². The number of benzene rings is 2. The van der Waals surface area contributed by atoms with Gasteiger partial charge in [-0.3, -0.25) is 19.3 Å². The summed E-state index contributed by atoms with van der Waals surface area (Å²) in [5.41, 5.74) is 1.66. The molecule has 0 radical (unpaired) electrons. The SMILES string of the molecule is Cc1ccc(/C=C2\SC(=O)N(CCNC(=O)C3(c4cccc(F)c4)CCOCC3)C2=O)cc1. The van der Waals surface area contributed by atoms with Crippen LogP contribution in [0.2, 0.25) is 0 Å². The molecule has 0 aliphatic carbocycles. The molecule has 6 nitrogen and oxygen atoms in total. The zero-order chi connectivity index (χ0) is 23.4. The first-order chi connectivity index (χ1) is 15.9. The maximum atomic E-state index is 13.9. The van der Waals surface area contributed by atoms with E-state index in [0.717, 1.165) is 27.8 Å². The molecular weight excluding hydrogens is 443 g/mol. The third-order valence-corrected chi connectivity index (χ3v) is 6.94. The second kappa shape index (κ2) is 9.89. The largest absolute Gasteiger partial charge is 0.381 e. The summed E-state index contributed by atoms with van der Waals surface area (Å²) in [6.07, 6.45) is 2.57. The van der Waals surface area contributed by atoms with E-state index in [1.165, 1.54) is 12.1 Å². The Balaban J connectivity index is 1.41. The van der Waals surface area contributed by atoms with Gasteiger partial charge in [0.05, 0.1) is 10.3 Å². The number of nitrogens with one attached hydrogen (secondary N) is 1. The molecule has 2 aliphatic rings. The summed E-state index contributed by atoms with van der Waals surface area (Å²) in [4.78, 5) is 39.8. The number of nitrogens with zero attached hydrogens (tertiary/aromatic N) is 1. The molecule has 2 aromatic rings. The summed E-state index contributed by atoms with van der Waals surface area (Å²) >= 11 is 0.893. The number of ether oxygens (including phenoxy) is 1. The van der Waals surface area contributed by atoms with Gasteiger partial charge in [0.25, 0.3) is 11.1 Å². The minimum atomic E-state index is -0.898. The lowest BCUT2D eigenvalue weighted by Crippen LogP contribution is -2.49. The zero-order valence-electron chi connectivity index (χ0n) is 18.3. The van der Waals surface area contributed by atoms with E-state index in [0.29, 0.717) is 36.5 Å². The summed E-state index contributed by atoms with van der Waals surface area (Å²) < 4.78 is 19.3. The van der Waals surface area contributed by atoms with Crippen molar-refractivity contribution in [1.29, 1.82) is 0 Å². The van der Waals surface area contributed by atoms with E-state index < -0.39 is 11.2 Å². The van der Waals surface area contributed by atoms with Crippen molar-refractivity contribution in [2.24, 2.45) is 0 Å². The van der Waals surface area contributed by atoms with Gasteiger partial charge in [-0.25, -0.2) is 4.39 Å². The molecule has 2 aliphatic heterocycles. The van der Waals surface area contributed by atoms with E-state index in [2.05, 4.69) is 5.32 Å². The van der Waals surface area contributed by atoms with Crippen molar-refractivity contribution >= 4 is 34.9 Å². The smallest absolute Gasteiger partial charge is 0.293 e. The van der Waals surface area contributed by atoms with Crippen molar-refractivity contribution in [3.8, 4) is 0 Å². The van der Waals surface area contributed by atoms with Crippen LogP contribution >= 0.6 is 11.8 Å². The van der Waals surface area contributed by atoms with Gasteiger partial charge >= 0.3 is 0 Å². The Kier molecular flexibility index (Phi) is 6.95. The van der Waals surface area contributed by atoms with Crippen LogP contribution in [0.5, 0.6) is 0 Å². The summed E-state index contributed by atoms with van der Waals surface area (Å²) in [7, 11) is 0. The molecule has 8 heteroatoms. The molecule has 2 heterocycles. The van der Waals surface area contributed by atoms with Gasteiger partial charge in [-0.05, 0) is 60.9 Å². The topological polar surface area (TPSA) is 75.7 Å². The number of thioether (sulfide) groups is 1. The summed E-state index contributed by atoms with van der Waals surface area (Å²) in [6, 6.07) is 13.7. The number of hydrogen-bond acceptors (Lipinski definition) is 5. The van der Waals surface area contributed by atoms with Crippen LogP contribution in [0.4, 0.5) is 9.18 Å². The van der Waals surface area contributed by atoms with Crippen LogP contribution in [0.3, 0.4) is 0 Å². The fourth-order valence-electron chi connectivity index (χ4n) is 4.11. The zero-order valence-corrected chi connectivity index (χ0v) is 19.1. The Hall–Kier alpha value is -2.97. The van der Waals surface area contributed by atoms with E-state index >= 15 is 0 Å². The average Bonchev–Trinajstić information content (AvgIpc) is 3.08. The number of aryl methyl sites for hydroxylation is 1. The van der Waals surface area contributed by atoms with Crippen molar-refractivity contribution in [2.75, 3.05) is 26.3 Å². The van der Waals surface area contributed by atoms with E-state index in [1.54, 1.807) is 18.2 Å². The Morgan fingerprint density at radius 1 is 1.18 bits per heavy atom. The van der Waals surface area contributed by atoms with Crippen LogP contribution in [0.1, 0.15) is 29.5 Å². The standard InChI is InChI=1S/C25H25FN2O4S/c1-17-5-7-18(8-6-17)15-21-22(29)28(24(31)33-21)12-11-27-23(30)25(9-13-32-14-10-25)19-3-2-4-20(26)16-19/h2-8,15-16H,9-14H2,1H3,(H,27,30)/b21-15-. The molecule has 2 fully saturated rings. The molecular formula is C25H25FN2O4S. The number of carbonyl (C=O) groups excluding carboxylic acids is 3. The van der Waals surface area contributed by atoms with Gasteiger partial charge in [-0.15, -0.1) is 0 Å². The second-order valence-electron chi connectivity index (χ2n) is 8.20. The van der Waals surface area contributed by atoms with E-state index in [4.69, 9.17) is 4.74 Å². The van der Waals surface area contributed by atoms with Gasteiger partial charge in [0.2, 0.25) is 5.91 Å². The fourth-order valence-corrected chi connectivity index (χ4v) is 4.98. The molecule has 2 saturated heterocycles. The highest BCUT2D eigenvalue weighted by Gasteiger charge is 2.42. The number of halogens is 1. The first-order valence-corrected chi connectivity index (χ1v) is 11.6. The molecule has 0 spiro atoms. The number of rotatable bonds is 6. The minimum Gasteiger partial charge on any atom is -0.381 e. The molecule has 0 aromatic heterocycles. The predicted octanol–water partition coefficient (Wildman–Crippen LogP) is 4.04. The first-order valence-electron chi connectivity index (χ1n) is 10.8. The van der Waals surface area contributed by atoms with Crippen LogP contribution in [-0.4, -0.2) is 48.3 Å². The molecule has 0 saturated carbocycles. The van der Waals surface area contributed by atoms with Crippen molar-refractivity contribution in [3.63, 3.8) is 0 Å². The highest BCUT2D eigenvalue weighted by Crippen LogP contribution is 2.36. The molecule has 3 amide bonds. The second-order valence-corrected chi connectivity index (χ2v) is 9.20. The van der Waals surface area contributed by atoms with Crippen LogP contribution in [-0.2, 0) is 19.7 Å². The Bertz CT molecular complexity index is 1090. The van der Waals surface area contributed by atoms with Crippen molar-refractivity contribution in [2.45, 2.75) is 25.2 Å². The molecule has 0 unspecified atom stereocenters. The van der Waals surface area contributed by atoms with Gasteiger partial charge in [-0.1, -0.05) is 42.0 Å². The third-order valence-electron chi connectivity index (χ3n) is 6.03. The Morgan fingerprint density at radius 3 is 2.61 bits per heavy atom. The molecule has 1 N–H and O–H groups in total. The van der Waals surface area contributed by atoms with E-state index in [1.807, 2.05) is 31.2 Å². The molecule has 0 bridgehead atoms. The van der Waals surface area contributed by atoms with Crippen LogP contribution in [0.15, 0.2) is 53.4 Å². The minimum absolute atomic E-state index is 0.0668. The molecule has 0 atom stereocenters. The summed E-state index contributed by atoms with van der Waals surface area (Å²) in [6.45, 7) is 2.96. The summed E-state index contributed by atoms with van der Waals surface area (Å²) in [5.74, 6) is -1.02. The van der Waals surface area contributed by atoms with Crippen LogP contribution < -0.4 is 5.32 Å². The van der Waals surface area contributed by atoms with Gasteiger partial charge < -0.3 is 10.1 Å². The predicted molar refractivity (Wildman–Crippen MR) is 125 cm³/mol. The lowest BCUT2D eigenvalue weighted by atomic mass is 9.73. The number of imide groups is 1. The first kappa shape index (κ1) is 23.2. The van der Waals surface area contributed by atoms with Crippen molar-refractivity contribution in [3.05, 3.63) is 75.9 Å². The molecule has 172 valence electrons. The highest BCUT2D eigenvalue weighted by molar-refractivity contribution is 8.18. The normalized spacial score (nSPS) is 19.2. The molecule has 4 rings (SSSR count). The fraction of sp³-hybridized carbons (Fsp3) is 0.320. The van der Waals surface area contributed by atoms with Gasteiger partial charge in [-0.2, -0.15) is 0 Å². The number of carbonyl (C=O) groups is 3. The average molecular weight is 469 g/mol. The maximum absolute atomic E-state index is 13.9. The molecule has 33 heavy (non-hydrogen) atoms. The molecule has 2 aromatic carbocycles. The quantitative estimate of drug-likeness (QED) is 0.648.